The summed E-state index contributed by atoms with van der Waals surface area (Å²) in [6.07, 6.45) is 3.25. The van der Waals surface area contributed by atoms with Crippen molar-refractivity contribution in [3.05, 3.63) is 99.8 Å². The summed E-state index contributed by atoms with van der Waals surface area (Å²) in [5, 5.41) is 0.454. The molecule has 6 nitrogen and oxygen atoms in total. The first-order valence-electron chi connectivity index (χ1n) is 8.88. The van der Waals surface area contributed by atoms with Gasteiger partial charge in [-0.2, -0.15) is 0 Å². The molecule has 4 heterocycles. The number of hydrogen-bond acceptors (Lipinski definition) is 5. The van der Waals surface area contributed by atoms with E-state index < -0.39 is 11.9 Å². The van der Waals surface area contributed by atoms with Crippen molar-refractivity contribution in [3.8, 4) is 0 Å². The van der Waals surface area contributed by atoms with Crippen LogP contribution in [0.3, 0.4) is 0 Å². The topological polar surface area (TPSA) is 76.3 Å². The van der Waals surface area contributed by atoms with Crippen molar-refractivity contribution in [2.75, 3.05) is 4.90 Å². The van der Waals surface area contributed by atoms with Gasteiger partial charge in [0.1, 0.15) is 17.4 Å². The molecule has 1 aliphatic rings. The van der Waals surface area contributed by atoms with Crippen molar-refractivity contribution in [3.63, 3.8) is 0 Å². The van der Waals surface area contributed by atoms with Crippen LogP contribution in [0.5, 0.6) is 0 Å². The van der Waals surface area contributed by atoms with Crippen LogP contribution in [0, 0.1) is 6.92 Å². The fraction of sp³-hybridized carbons (Fsp3) is 0.0909. The maximum atomic E-state index is 13.4. The molecule has 0 fully saturated rings. The third-order valence-corrected chi connectivity index (χ3v) is 4.89. The number of fused-ring (bicyclic) bond motifs is 2. The van der Waals surface area contributed by atoms with Gasteiger partial charge in [0, 0.05) is 12.4 Å². The lowest BCUT2D eigenvalue weighted by Gasteiger charge is -2.23. The van der Waals surface area contributed by atoms with E-state index in [0.29, 0.717) is 28.0 Å². The summed E-state index contributed by atoms with van der Waals surface area (Å²) in [7, 11) is 0. The standard InChI is InChI=1S/C22H15N3O3/c1-13-8-9-16-14(12-13)20(26)18-19(15-6-2-4-10-23-15)25(22(27)21(18)28-16)17-7-3-5-11-24-17/h2-12,19H,1H3. The molecule has 1 aliphatic heterocycles. The first-order valence-corrected chi connectivity index (χ1v) is 8.88. The molecule has 1 aromatic carbocycles. The number of amides is 1. The summed E-state index contributed by atoms with van der Waals surface area (Å²) in [5.41, 5.74) is 2.00. The van der Waals surface area contributed by atoms with Crippen LogP contribution >= 0.6 is 0 Å². The van der Waals surface area contributed by atoms with Gasteiger partial charge < -0.3 is 4.42 Å². The second-order valence-electron chi connectivity index (χ2n) is 6.69. The van der Waals surface area contributed by atoms with Crippen LogP contribution in [-0.2, 0) is 0 Å². The maximum Gasteiger partial charge on any atom is 0.296 e. The molecule has 28 heavy (non-hydrogen) atoms. The minimum atomic E-state index is -0.695. The molecule has 0 spiro atoms. The lowest BCUT2D eigenvalue weighted by atomic mass is 10.0. The van der Waals surface area contributed by atoms with Gasteiger partial charge in [0.15, 0.2) is 5.43 Å². The number of nitrogens with zero attached hydrogens (tertiary/aromatic N) is 3. The van der Waals surface area contributed by atoms with Gasteiger partial charge in [0.2, 0.25) is 5.76 Å². The fourth-order valence-electron chi connectivity index (χ4n) is 3.64. The van der Waals surface area contributed by atoms with E-state index in [1.807, 2.05) is 19.1 Å². The molecular formula is C22H15N3O3. The predicted molar refractivity (Wildman–Crippen MR) is 104 cm³/mol. The zero-order valence-electron chi connectivity index (χ0n) is 15.0. The average molecular weight is 369 g/mol. The number of carbonyl (C=O) groups excluding carboxylic acids is 1. The Morgan fingerprint density at radius 1 is 0.964 bits per heavy atom. The molecule has 0 bridgehead atoms. The number of aromatic nitrogens is 2. The maximum absolute atomic E-state index is 13.4. The van der Waals surface area contributed by atoms with Gasteiger partial charge in [-0.05, 0) is 43.3 Å². The van der Waals surface area contributed by atoms with E-state index >= 15 is 0 Å². The zero-order chi connectivity index (χ0) is 19.3. The number of anilines is 1. The van der Waals surface area contributed by atoms with E-state index in [1.165, 1.54) is 4.90 Å². The molecule has 0 radical (unpaired) electrons. The van der Waals surface area contributed by atoms with Crippen LogP contribution in [0.25, 0.3) is 11.0 Å². The molecule has 1 atom stereocenters. The second kappa shape index (κ2) is 6.13. The van der Waals surface area contributed by atoms with Crippen LogP contribution in [0.15, 0.2) is 76.2 Å². The zero-order valence-corrected chi connectivity index (χ0v) is 15.0. The summed E-state index contributed by atoms with van der Waals surface area (Å²) in [4.78, 5) is 36.9. The number of aryl methyl sites for hydroxylation is 1. The highest BCUT2D eigenvalue weighted by Crippen LogP contribution is 2.39. The van der Waals surface area contributed by atoms with E-state index in [2.05, 4.69) is 9.97 Å². The summed E-state index contributed by atoms with van der Waals surface area (Å²) < 4.78 is 5.91. The Bertz CT molecular complexity index is 1270. The number of carbonyl (C=O) groups is 1. The third kappa shape index (κ3) is 2.35. The van der Waals surface area contributed by atoms with Gasteiger partial charge >= 0.3 is 0 Å². The van der Waals surface area contributed by atoms with Crippen LogP contribution in [0.4, 0.5) is 5.82 Å². The second-order valence-corrected chi connectivity index (χ2v) is 6.69. The summed E-state index contributed by atoms with van der Waals surface area (Å²) >= 11 is 0. The molecule has 136 valence electrons. The van der Waals surface area contributed by atoms with Crippen LogP contribution in [-0.4, -0.2) is 15.9 Å². The van der Waals surface area contributed by atoms with Crippen molar-refractivity contribution < 1.29 is 9.21 Å². The minimum absolute atomic E-state index is 0.0441. The molecule has 4 aromatic rings. The Labute approximate surface area is 160 Å². The molecule has 1 amide bonds. The summed E-state index contributed by atoms with van der Waals surface area (Å²) in [6, 6.07) is 15.4. The number of rotatable bonds is 2. The lowest BCUT2D eigenvalue weighted by Crippen LogP contribution is -2.30. The third-order valence-electron chi connectivity index (χ3n) is 4.89. The summed E-state index contributed by atoms with van der Waals surface area (Å²) in [6.45, 7) is 1.91. The Hall–Kier alpha value is -3.80. The van der Waals surface area contributed by atoms with Crippen molar-refractivity contribution in [2.24, 2.45) is 0 Å². The monoisotopic (exact) mass is 369 g/mol. The Balaban J connectivity index is 1.84. The molecule has 6 heteroatoms. The quantitative estimate of drug-likeness (QED) is 0.539. The van der Waals surface area contributed by atoms with Gasteiger partial charge in [-0.15, -0.1) is 0 Å². The summed E-state index contributed by atoms with van der Waals surface area (Å²) in [5.74, 6) is 0.0841. The Morgan fingerprint density at radius 3 is 2.46 bits per heavy atom. The van der Waals surface area contributed by atoms with Crippen molar-refractivity contribution >= 4 is 22.7 Å². The highest BCUT2D eigenvalue weighted by Gasteiger charge is 2.44. The van der Waals surface area contributed by atoms with Gasteiger partial charge in [-0.3, -0.25) is 19.5 Å². The van der Waals surface area contributed by atoms with E-state index in [0.717, 1.165) is 5.56 Å². The number of pyridine rings is 2. The van der Waals surface area contributed by atoms with Gasteiger partial charge in [0.05, 0.1) is 16.6 Å². The first-order chi connectivity index (χ1) is 13.6. The molecular weight excluding hydrogens is 354 g/mol. The average Bonchev–Trinajstić information content (AvgIpc) is 3.03. The predicted octanol–water partition coefficient (Wildman–Crippen LogP) is 3.64. The smallest absolute Gasteiger partial charge is 0.296 e. The largest absolute Gasteiger partial charge is 0.450 e. The van der Waals surface area contributed by atoms with E-state index in [-0.39, 0.29) is 11.2 Å². The van der Waals surface area contributed by atoms with Crippen molar-refractivity contribution in [1.29, 1.82) is 0 Å². The Morgan fingerprint density at radius 2 is 1.75 bits per heavy atom. The highest BCUT2D eigenvalue weighted by molar-refractivity contribution is 6.10. The molecule has 3 aromatic heterocycles. The van der Waals surface area contributed by atoms with E-state index in [9.17, 15) is 9.59 Å². The number of hydrogen-bond donors (Lipinski definition) is 0. The van der Waals surface area contributed by atoms with Crippen LogP contribution < -0.4 is 10.3 Å². The molecule has 0 N–H and O–H groups in total. The molecule has 0 saturated carbocycles. The molecule has 1 unspecified atom stereocenters. The molecule has 0 aliphatic carbocycles. The lowest BCUT2D eigenvalue weighted by molar-refractivity contribution is 0.0970. The van der Waals surface area contributed by atoms with Crippen molar-refractivity contribution in [1.82, 2.24) is 9.97 Å². The van der Waals surface area contributed by atoms with Gasteiger partial charge in [-0.25, -0.2) is 4.98 Å². The van der Waals surface area contributed by atoms with Crippen LogP contribution in [0.2, 0.25) is 0 Å². The first kappa shape index (κ1) is 16.4. The normalized spacial score (nSPS) is 15.8. The van der Waals surface area contributed by atoms with E-state index in [4.69, 9.17) is 4.42 Å². The van der Waals surface area contributed by atoms with Gasteiger partial charge in [-0.1, -0.05) is 23.8 Å². The SMILES string of the molecule is Cc1ccc2oc3c(c(=O)c2c1)C(c1ccccn1)N(c1ccccn1)C3=O. The van der Waals surface area contributed by atoms with Crippen molar-refractivity contribution in [2.45, 2.75) is 13.0 Å². The number of benzene rings is 1. The van der Waals surface area contributed by atoms with Gasteiger partial charge in [0.25, 0.3) is 5.91 Å². The van der Waals surface area contributed by atoms with E-state index in [1.54, 1.807) is 54.9 Å². The highest BCUT2D eigenvalue weighted by atomic mass is 16.3. The molecule has 5 rings (SSSR count). The van der Waals surface area contributed by atoms with Crippen LogP contribution in [0.1, 0.15) is 33.4 Å². The minimum Gasteiger partial charge on any atom is -0.450 e. The fourth-order valence-corrected chi connectivity index (χ4v) is 3.64. The molecule has 0 saturated heterocycles. The Kier molecular flexibility index (Phi) is 3.58.